The van der Waals surface area contributed by atoms with Crippen molar-refractivity contribution in [3.05, 3.63) is 47.3 Å². The Morgan fingerprint density at radius 2 is 2.05 bits per heavy atom. The number of benzene rings is 1. The second-order valence-corrected chi connectivity index (χ2v) is 4.39. The standard InChI is InChI=1S/C14H17N3O3/c1-17-13(12(8-16-17)14(18)19)9-15-7-10-3-5-11(20-2)6-4-10/h3-6,8,15H,7,9H2,1-2H3,(H,18,19). The number of nitrogens with zero attached hydrogens (tertiary/aromatic N) is 2. The first-order valence-electron chi connectivity index (χ1n) is 6.19. The van der Waals surface area contributed by atoms with Gasteiger partial charge < -0.3 is 15.2 Å². The number of aromatic nitrogens is 2. The molecule has 2 N–H and O–H groups in total. The van der Waals surface area contributed by atoms with Gasteiger partial charge in [0.25, 0.3) is 0 Å². The van der Waals surface area contributed by atoms with E-state index < -0.39 is 5.97 Å². The van der Waals surface area contributed by atoms with Crippen molar-refractivity contribution < 1.29 is 14.6 Å². The van der Waals surface area contributed by atoms with Crippen LogP contribution in [0.25, 0.3) is 0 Å². The minimum Gasteiger partial charge on any atom is -0.497 e. The number of aryl methyl sites for hydroxylation is 1. The Balaban J connectivity index is 1.95. The molecule has 0 aliphatic heterocycles. The van der Waals surface area contributed by atoms with Crippen LogP contribution in [-0.2, 0) is 20.1 Å². The molecule has 2 rings (SSSR count). The molecule has 2 aromatic rings. The first kappa shape index (κ1) is 14.1. The lowest BCUT2D eigenvalue weighted by atomic mass is 10.2. The second-order valence-electron chi connectivity index (χ2n) is 4.39. The molecule has 0 unspecified atom stereocenters. The van der Waals surface area contributed by atoms with Gasteiger partial charge in [-0.3, -0.25) is 4.68 Å². The summed E-state index contributed by atoms with van der Waals surface area (Å²) in [6.07, 6.45) is 1.37. The number of rotatable bonds is 6. The number of ether oxygens (including phenoxy) is 1. The van der Waals surface area contributed by atoms with Gasteiger partial charge in [-0.25, -0.2) is 4.79 Å². The van der Waals surface area contributed by atoms with Gasteiger partial charge in [-0.2, -0.15) is 5.10 Å². The van der Waals surface area contributed by atoms with E-state index in [4.69, 9.17) is 9.84 Å². The summed E-state index contributed by atoms with van der Waals surface area (Å²) in [6.45, 7) is 1.10. The highest BCUT2D eigenvalue weighted by Gasteiger charge is 2.14. The Hall–Kier alpha value is -2.34. The van der Waals surface area contributed by atoms with E-state index in [-0.39, 0.29) is 5.56 Å². The molecule has 0 radical (unpaired) electrons. The summed E-state index contributed by atoms with van der Waals surface area (Å²) < 4.78 is 6.67. The van der Waals surface area contributed by atoms with Crippen molar-refractivity contribution in [1.82, 2.24) is 15.1 Å². The fraction of sp³-hybridized carbons (Fsp3) is 0.286. The van der Waals surface area contributed by atoms with Crippen molar-refractivity contribution in [1.29, 1.82) is 0 Å². The van der Waals surface area contributed by atoms with E-state index in [2.05, 4.69) is 10.4 Å². The molecule has 6 heteroatoms. The lowest BCUT2D eigenvalue weighted by molar-refractivity contribution is 0.0695. The van der Waals surface area contributed by atoms with Crippen molar-refractivity contribution in [3.63, 3.8) is 0 Å². The number of methoxy groups -OCH3 is 1. The number of aromatic carboxylic acids is 1. The van der Waals surface area contributed by atoms with E-state index in [0.29, 0.717) is 18.8 Å². The quantitative estimate of drug-likeness (QED) is 0.833. The van der Waals surface area contributed by atoms with E-state index in [0.717, 1.165) is 11.3 Å². The van der Waals surface area contributed by atoms with Crippen molar-refractivity contribution in [2.24, 2.45) is 7.05 Å². The largest absolute Gasteiger partial charge is 0.497 e. The fourth-order valence-electron chi connectivity index (χ4n) is 1.92. The first-order valence-corrected chi connectivity index (χ1v) is 6.19. The van der Waals surface area contributed by atoms with Gasteiger partial charge in [-0.15, -0.1) is 0 Å². The molecule has 0 saturated carbocycles. The third-order valence-electron chi connectivity index (χ3n) is 3.07. The summed E-state index contributed by atoms with van der Waals surface area (Å²) in [4.78, 5) is 11.0. The topological polar surface area (TPSA) is 76.4 Å². The van der Waals surface area contributed by atoms with Crippen molar-refractivity contribution in [3.8, 4) is 5.75 Å². The predicted molar refractivity (Wildman–Crippen MR) is 73.7 cm³/mol. The summed E-state index contributed by atoms with van der Waals surface area (Å²) in [7, 11) is 3.36. The summed E-state index contributed by atoms with van der Waals surface area (Å²) in [5.74, 6) is -0.145. The number of carboxylic acids is 1. The van der Waals surface area contributed by atoms with Crippen LogP contribution in [0.4, 0.5) is 0 Å². The monoisotopic (exact) mass is 275 g/mol. The van der Waals surface area contributed by atoms with Crippen LogP contribution in [0.3, 0.4) is 0 Å². The van der Waals surface area contributed by atoms with Crippen molar-refractivity contribution in [2.75, 3.05) is 7.11 Å². The summed E-state index contributed by atoms with van der Waals surface area (Å²) >= 11 is 0. The molecule has 1 heterocycles. The number of nitrogens with one attached hydrogen (secondary N) is 1. The zero-order chi connectivity index (χ0) is 14.5. The number of hydrogen-bond donors (Lipinski definition) is 2. The molecular weight excluding hydrogens is 258 g/mol. The molecule has 0 saturated heterocycles. The van der Waals surface area contributed by atoms with Crippen LogP contribution in [0.1, 0.15) is 21.6 Å². The molecule has 106 valence electrons. The Morgan fingerprint density at radius 3 is 2.65 bits per heavy atom. The average molecular weight is 275 g/mol. The van der Waals surface area contributed by atoms with Crippen LogP contribution in [0.2, 0.25) is 0 Å². The number of hydrogen-bond acceptors (Lipinski definition) is 4. The molecule has 1 aromatic heterocycles. The third kappa shape index (κ3) is 3.16. The smallest absolute Gasteiger partial charge is 0.339 e. The molecule has 20 heavy (non-hydrogen) atoms. The van der Waals surface area contributed by atoms with Crippen molar-refractivity contribution >= 4 is 5.97 Å². The van der Waals surface area contributed by atoms with Crippen LogP contribution >= 0.6 is 0 Å². The van der Waals surface area contributed by atoms with E-state index in [9.17, 15) is 4.79 Å². The molecular formula is C14H17N3O3. The average Bonchev–Trinajstić information content (AvgIpc) is 2.81. The zero-order valence-corrected chi connectivity index (χ0v) is 11.5. The van der Waals surface area contributed by atoms with Crippen LogP contribution in [0, 0.1) is 0 Å². The highest BCUT2D eigenvalue weighted by molar-refractivity contribution is 5.88. The molecule has 0 aliphatic rings. The molecule has 0 fully saturated rings. The Kier molecular flexibility index (Phi) is 4.37. The Morgan fingerprint density at radius 1 is 1.35 bits per heavy atom. The van der Waals surface area contributed by atoms with Gasteiger partial charge in [-0.05, 0) is 17.7 Å². The van der Waals surface area contributed by atoms with Gasteiger partial charge in [0.15, 0.2) is 0 Å². The van der Waals surface area contributed by atoms with Gasteiger partial charge >= 0.3 is 5.97 Å². The maximum Gasteiger partial charge on any atom is 0.339 e. The third-order valence-corrected chi connectivity index (χ3v) is 3.07. The first-order chi connectivity index (χ1) is 9.61. The lowest BCUT2D eigenvalue weighted by Crippen LogP contribution is -2.17. The minimum absolute atomic E-state index is 0.231. The summed E-state index contributed by atoms with van der Waals surface area (Å²) in [6, 6.07) is 7.72. The minimum atomic E-state index is -0.959. The Labute approximate surface area is 117 Å². The van der Waals surface area contributed by atoms with Crippen molar-refractivity contribution in [2.45, 2.75) is 13.1 Å². The van der Waals surface area contributed by atoms with Gasteiger partial charge in [0, 0.05) is 20.1 Å². The molecule has 0 atom stereocenters. The van der Waals surface area contributed by atoms with Crippen LogP contribution in [-0.4, -0.2) is 28.0 Å². The molecule has 0 aliphatic carbocycles. The summed E-state index contributed by atoms with van der Waals surface area (Å²) in [5, 5.41) is 16.2. The number of carboxylic acid groups (broad SMARTS) is 1. The maximum absolute atomic E-state index is 11.0. The van der Waals surface area contributed by atoms with Crippen LogP contribution < -0.4 is 10.1 Å². The number of carbonyl (C=O) groups is 1. The van der Waals surface area contributed by atoms with Crippen LogP contribution in [0.5, 0.6) is 5.75 Å². The van der Waals surface area contributed by atoms with E-state index >= 15 is 0 Å². The van der Waals surface area contributed by atoms with E-state index in [1.165, 1.54) is 6.20 Å². The fourth-order valence-corrected chi connectivity index (χ4v) is 1.92. The van der Waals surface area contributed by atoms with Gasteiger partial charge in [0.1, 0.15) is 11.3 Å². The molecule has 6 nitrogen and oxygen atoms in total. The van der Waals surface area contributed by atoms with Gasteiger partial charge in [0.05, 0.1) is 19.0 Å². The molecule has 0 bridgehead atoms. The summed E-state index contributed by atoms with van der Waals surface area (Å²) in [5.41, 5.74) is 1.99. The van der Waals surface area contributed by atoms with Crippen LogP contribution in [0.15, 0.2) is 30.5 Å². The predicted octanol–water partition coefficient (Wildman–Crippen LogP) is 1.42. The highest BCUT2D eigenvalue weighted by Crippen LogP contribution is 2.12. The lowest BCUT2D eigenvalue weighted by Gasteiger charge is -2.07. The SMILES string of the molecule is COc1ccc(CNCc2c(C(=O)O)cnn2C)cc1. The van der Waals surface area contributed by atoms with E-state index in [1.54, 1.807) is 18.8 Å². The van der Waals surface area contributed by atoms with Gasteiger partial charge in [0.2, 0.25) is 0 Å². The highest BCUT2D eigenvalue weighted by atomic mass is 16.5. The molecule has 0 spiro atoms. The zero-order valence-electron chi connectivity index (χ0n) is 11.5. The Bertz CT molecular complexity index is 590. The molecule has 0 amide bonds. The normalized spacial score (nSPS) is 10.5. The van der Waals surface area contributed by atoms with Gasteiger partial charge in [-0.1, -0.05) is 12.1 Å². The second kappa shape index (κ2) is 6.21. The van der Waals surface area contributed by atoms with E-state index in [1.807, 2.05) is 24.3 Å². The molecule has 1 aromatic carbocycles. The maximum atomic E-state index is 11.0.